The van der Waals surface area contributed by atoms with Crippen molar-refractivity contribution in [2.75, 3.05) is 7.11 Å². The fourth-order valence-electron chi connectivity index (χ4n) is 2.85. The molecule has 0 amide bonds. The third-order valence-corrected chi connectivity index (χ3v) is 4.76. The van der Waals surface area contributed by atoms with Crippen molar-refractivity contribution < 1.29 is 13.6 Å². The molecule has 2 aromatic carbocycles. The van der Waals surface area contributed by atoms with Crippen molar-refractivity contribution in [3.8, 4) is 5.75 Å². The van der Waals surface area contributed by atoms with Crippen molar-refractivity contribution in [3.63, 3.8) is 0 Å². The number of fused-ring (bicyclic) bond motifs is 2. The van der Waals surface area contributed by atoms with Crippen LogP contribution in [0.2, 0.25) is 0 Å². The highest BCUT2D eigenvalue weighted by Gasteiger charge is 2.16. The summed E-state index contributed by atoms with van der Waals surface area (Å²) in [6.07, 6.45) is 4.44. The van der Waals surface area contributed by atoms with Gasteiger partial charge in [0.15, 0.2) is 0 Å². The Balaban J connectivity index is 1.89. The maximum absolute atomic E-state index is 13.0. The second kappa shape index (κ2) is 6.46. The Bertz CT molecular complexity index is 1220. The van der Waals surface area contributed by atoms with Gasteiger partial charge in [-0.3, -0.25) is 9.79 Å². The summed E-state index contributed by atoms with van der Waals surface area (Å²) < 4.78 is 17.3. The molecule has 0 saturated heterocycles. The molecule has 0 spiro atoms. The fourth-order valence-corrected chi connectivity index (χ4v) is 3.44. The van der Waals surface area contributed by atoms with E-state index in [-0.39, 0.29) is 5.43 Å². The maximum atomic E-state index is 13.0. The molecule has 4 rings (SSSR count). The molecule has 26 heavy (non-hydrogen) atoms. The van der Waals surface area contributed by atoms with E-state index in [1.54, 1.807) is 18.4 Å². The van der Waals surface area contributed by atoms with Gasteiger partial charge in [0, 0.05) is 16.8 Å². The van der Waals surface area contributed by atoms with E-state index in [4.69, 9.17) is 13.6 Å². The summed E-state index contributed by atoms with van der Waals surface area (Å²) >= 11 is 3.48. The summed E-state index contributed by atoms with van der Waals surface area (Å²) in [6, 6.07) is 9.25. The van der Waals surface area contributed by atoms with E-state index in [2.05, 4.69) is 20.9 Å². The molecule has 0 radical (unpaired) electrons. The molecule has 0 aliphatic carbocycles. The minimum atomic E-state index is -0.210. The number of hydrogen-bond acceptors (Lipinski definition) is 5. The fraction of sp³-hybridized carbons (Fsp3) is 0.100. The zero-order chi connectivity index (χ0) is 18.3. The molecule has 0 aliphatic heterocycles. The van der Waals surface area contributed by atoms with Crippen LogP contribution >= 0.6 is 15.9 Å². The lowest BCUT2D eigenvalue weighted by Gasteiger charge is -2.06. The molecule has 0 unspecified atom stereocenters. The van der Waals surface area contributed by atoms with Crippen LogP contribution in [-0.4, -0.2) is 13.3 Å². The number of halogens is 1. The number of aryl methyl sites for hydroxylation is 1. The second-order valence-corrected chi connectivity index (χ2v) is 6.70. The summed E-state index contributed by atoms with van der Waals surface area (Å²) in [5, 5.41) is 1.09. The number of ether oxygens (including phenoxy) is 1. The molecule has 4 aromatic rings. The van der Waals surface area contributed by atoms with Gasteiger partial charge in [-0.1, -0.05) is 6.07 Å². The largest absolute Gasteiger partial charge is 0.495 e. The molecule has 5 nitrogen and oxygen atoms in total. The summed E-state index contributed by atoms with van der Waals surface area (Å²) in [6.45, 7) is 2.00. The first-order chi connectivity index (χ1) is 12.6. The predicted octanol–water partition coefficient (Wildman–Crippen LogP) is 5.37. The number of rotatable bonds is 3. The lowest BCUT2D eigenvalue weighted by Crippen LogP contribution is -2.09. The lowest BCUT2D eigenvalue weighted by atomic mass is 10.1. The summed E-state index contributed by atoms with van der Waals surface area (Å²) in [7, 11) is 1.52. The smallest absolute Gasteiger partial charge is 0.205 e. The van der Waals surface area contributed by atoms with E-state index in [1.165, 1.54) is 19.6 Å². The second-order valence-electron chi connectivity index (χ2n) is 5.85. The van der Waals surface area contributed by atoms with Crippen LogP contribution < -0.4 is 10.2 Å². The van der Waals surface area contributed by atoms with E-state index in [0.29, 0.717) is 27.9 Å². The van der Waals surface area contributed by atoms with Gasteiger partial charge in [-0.05, 0) is 46.6 Å². The zero-order valence-electron chi connectivity index (χ0n) is 14.1. The first-order valence-corrected chi connectivity index (χ1v) is 8.67. The van der Waals surface area contributed by atoms with Gasteiger partial charge in [0.05, 0.1) is 30.0 Å². The van der Waals surface area contributed by atoms with Crippen LogP contribution in [0.1, 0.15) is 11.1 Å². The standard InChI is InChI=1S/C20H14BrNO4/c1-11-3-4-15(14(21)7-11)22-9-12-10-26-17-8-16-13(5-6-25-16)20(24-2)18(17)19(12)23/h3-10H,1-2H3. The molecule has 2 aromatic heterocycles. The number of nitrogens with zero attached hydrogens (tertiary/aromatic N) is 1. The van der Waals surface area contributed by atoms with Crippen LogP contribution in [0.15, 0.2) is 66.0 Å². The predicted molar refractivity (Wildman–Crippen MR) is 105 cm³/mol. The van der Waals surface area contributed by atoms with E-state index in [9.17, 15) is 4.79 Å². The highest BCUT2D eigenvalue weighted by Crippen LogP contribution is 2.33. The van der Waals surface area contributed by atoms with Crippen molar-refractivity contribution in [2.45, 2.75) is 6.92 Å². The zero-order valence-corrected chi connectivity index (χ0v) is 15.7. The molecule has 0 N–H and O–H groups in total. The van der Waals surface area contributed by atoms with Gasteiger partial charge in [-0.2, -0.15) is 0 Å². The van der Waals surface area contributed by atoms with Gasteiger partial charge in [0.1, 0.15) is 28.6 Å². The van der Waals surface area contributed by atoms with Gasteiger partial charge >= 0.3 is 0 Å². The topological polar surface area (TPSA) is 64.9 Å². The summed E-state index contributed by atoms with van der Waals surface area (Å²) in [5.74, 6) is 0.437. The van der Waals surface area contributed by atoms with Gasteiger partial charge in [-0.25, -0.2) is 0 Å². The highest BCUT2D eigenvalue weighted by molar-refractivity contribution is 9.10. The molecule has 0 bridgehead atoms. The monoisotopic (exact) mass is 411 g/mol. The molecule has 0 atom stereocenters. The average molecular weight is 412 g/mol. The van der Waals surface area contributed by atoms with Crippen LogP contribution in [0, 0.1) is 6.92 Å². The lowest BCUT2D eigenvalue weighted by molar-refractivity contribution is 0.423. The average Bonchev–Trinajstić information content (AvgIpc) is 3.09. The first-order valence-electron chi connectivity index (χ1n) is 7.88. The van der Waals surface area contributed by atoms with Gasteiger partial charge in [0.25, 0.3) is 0 Å². The molecule has 0 saturated carbocycles. The molecule has 0 aliphatic rings. The normalized spacial score (nSPS) is 11.7. The molecule has 0 fully saturated rings. The van der Waals surface area contributed by atoms with Crippen molar-refractivity contribution in [2.24, 2.45) is 4.99 Å². The van der Waals surface area contributed by atoms with E-state index < -0.39 is 0 Å². The summed E-state index contributed by atoms with van der Waals surface area (Å²) in [4.78, 5) is 17.4. The number of hydrogen-bond donors (Lipinski definition) is 0. The highest BCUT2D eigenvalue weighted by atomic mass is 79.9. The minimum Gasteiger partial charge on any atom is -0.495 e. The third-order valence-electron chi connectivity index (χ3n) is 4.13. The van der Waals surface area contributed by atoms with Crippen LogP contribution in [0.5, 0.6) is 5.75 Å². The number of aliphatic imine (C=N–C) groups is 1. The van der Waals surface area contributed by atoms with Crippen LogP contribution in [0.4, 0.5) is 5.69 Å². The molecule has 130 valence electrons. The Hall–Kier alpha value is -2.86. The van der Waals surface area contributed by atoms with Gasteiger partial charge in [0.2, 0.25) is 5.43 Å². The van der Waals surface area contributed by atoms with E-state index in [1.807, 2.05) is 25.1 Å². The van der Waals surface area contributed by atoms with Crippen LogP contribution in [0.25, 0.3) is 21.9 Å². The van der Waals surface area contributed by atoms with Gasteiger partial charge in [-0.15, -0.1) is 0 Å². The van der Waals surface area contributed by atoms with Crippen molar-refractivity contribution >= 4 is 49.8 Å². The Morgan fingerprint density at radius 3 is 2.77 bits per heavy atom. The molecular formula is C20H14BrNO4. The first kappa shape index (κ1) is 16.6. The minimum absolute atomic E-state index is 0.210. The Morgan fingerprint density at radius 2 is 2.00 bits per heavy atom. The molecule has 6 heteroatoms. The van der Waals surface area contributed by atoms with Crippen LogP contribution in [0.3, 0.4) is 0 Å². The Morgan fingerprint density at radius 1 is 1.15 bits per heavy atom. The van der Waals surface area contributed by atoms with Crippen molar-refractivity contribution in [1.82, 2.24) is 0 Å². The van der Waals surface area contributed by atoms with E-state index in [0.717, 1.165) is 21.1 Å². The molecule has 2 heterocycles. The summed E-state index contributed by atoms with van der Waals surface area (Å²) in [5.41, 5.74) is 2.98. The van der Waals surface area contributed by atoms with Crippen molar-refractivity contribution in [1.29, 1.82) is 0 Å². The Labute approximate surface area is 157 Å². The van der Waals surface area contributed by atoms with Crippen LogP contribution in [-0.2, 0) is 0 Å². The quantitative estimate of drug-likeness (QED) is 0.425. The molecular weight excluding hydrogens is 398 g/mol. The SMILES string of the molecule is COc1c2ccoc2cc2occ(C=Nc3ccc(C)cc3Br)c(=O)c12. The Kier molecular flexibility index (Phi) is 4.12. The number of benzene rings is 2. The van der Waals surface area contributed by atoms with E-state index >= 15 is 0 Å². The third kappa shape index (κ3) is 2.72. The number of methoxy groups -OCH3 is 1. The maximum Gasteiger partial charge on any atom is 0.205 e. The van der Waals surface area contributed by atoms with Crippen molar-refractivity contribution in [3.05, 3.63) is 68.7 Å². The van der Waals surface area contributed by atoms with Gasteiger partial charge < -0.3 is 13.6 Å². The number of furan rings is 1.